The Morgan fingerprint density at radius 1 is 1.42 bits per heavy atom. The average Bonchev–Trinajstić information content (AvgIpc) is 2.72. The first kappa shape index (κ1) is 13.8. The van der Waals surface area contributed by atoms with Crippen molar-refractivity contribution in [2.45, 2.75) is 13.0 Å². The number of aliphatic carboxylic acids is 1. The van der Waals surface area contributed by atoms with E-state index in [1.54, 1.807) is 7.05 Å². The van der Waals surface area contributed by atoms with Crippen LogP contribution >= 0.6 is 15.9 Å². The fraction of sp³-hybridized carbons (Fsp3) is 0.231. The van der Waals surface area contributed by atoms with E-state index in [0.717, 1.165) is 21.4 Å². The fourth-order valence-corrected chi connectivity index (χ4v) is 2.15. The van der Waals surface area contributed by atoms with E-state index in [2.05, 4.69) is 31.2 Å². The highest BCUT2D eigenvalue weighted by atomic mass is 79.9. The minimum atomic E-state index is -0.960. The average molecular weight is 324 g/mol. The lowest BCUT2D eigenvalue weighted by Gasteiger charge is -2.06. The number of halogens is 1. The van der Waals surface area contributed by atoms with Crippen LogP contribution in [0.4, 0.5) is 0 Å². The molecular weight excluding hydrogens is 310 g/mol. The molecule has 0 aliphatic carbocycles. The summed E-state index contributed by atoms with van der Waals surface area (Å²) in [4.78, 5) is 18.5. The molecule has 1 heterocycles. The molecule has 1 unspecified atom stereocenters. The van der Waals surface area contributed by atoms with Gasteiger partial charge in [-0.2, -0.15) is 0 Å². The monoisotopic (exact) mass is 323 g/mol. The number of carbonyl (C=O) groups is 1. The van der Waals surface area contributed by atoms with Gasteiger partial charge in [-0.25, -0.2) is 4.98 Å². The number of nitrogens with one attached hydrogen (secondary N) is 2. The molecule has 5 nitrogen and oxygen atoms in total. The van der Waals surface area contributed by atoms with Gasteiger partial charge in [0.15, 0.2) is 6.04 Å². The fourth-order valence-electron chi connectivity index (χ4n) is 1.89. The van der Waals surface area contributed by atoms with Crippen LogP contribution in [0.5, 0.6) is 0 Å². The Bertz CT molecular complexity index is 592. The smallest absolute Gasteiger partial charge is 0.328 e. The number of imidazole rings is 1. The lowest BCUT2D eigenvalue weighted by molar-refractivity contribution is -0.139. The maximum atomic E-state index is 11.1. The van der Waals surface area contributed by atoms with E-state index in [0.29, 0.717) is 5.82 Å². The first-order chi connectivity index (χ1) is 9.02. The predicted molar refractivity (Wildman–Crippen MR) is 75.9 cm³/mol. The number of aromatic amines is 1. The highest BCUT2D eigenvalue weighted by Gasteiger charge is 2.22. The molecule has 0 fully saturated rings. The number of H-pyrrole nitrogens is 1. The number of rotatable bonds is 4. The predicted octanol–water partition coefficient (Wildman–Crippen LogP) is 2.49. The summed E-state index contributed by atoms with van der Waals surface area (Å²) >= 11 is 3.38. The molecule has 0 bridgehead atoms. The van der Waals surface area contributed by atoms with Crippen molar-refractivity contribution in [1.82, 2.24) is 15.3 Å². The molecule has 0 saturated heterocycles. The van der Waals surface area contributed by atoms with Gasteiger partial charge in [0.2, 0.25) is 0 Å². The molecule has 100 valence electrons. The van der Waals surface area contributed by atoms with Crippen molar-refractivity contribution in [1.29, 1.82) is 0 Å². The number of aryl methyl sites for hydroxylation is 1. The maximum Gasteiger partial charge on any atom is 0.328 e. The van der Waals surface area contributed by atoms with E-state index in [9.17, 15) is 4.79 Å². The molecule has 0 saturated carbocycles. The van der Waals surface area contributed by atoms with Gasteiger partial charge in [0, 0.05) is 15.7 Å². The zero-order valence-electron chi connectivity index (χ0n) is 10.6. The van der Waals surface area contributed by atoms with Crippen LogP contribution in [0.3, 0.4) is 0 Å². The van der Waals surface area contributed by atoms with Crippen LogP contribution in [0.15, 0.2) is 28.7 Å². The Morgan fingerprint density at radius 2 is 2.05 bits per heavy atom. The molecule has 3 N–H and O–H groups in total. The summed E-state index contributed by atoms with van der Waals surface area (Å²) in [5.41, 5.74) is 2.56. The SMILES string of the molecule is CNC(C(=O)O)c1nc(-c2ccc(Br)cc2)c(C)[nH]1. The number of hydrogen-bond acceptors (Lipinski definition) is 3. The highest BCUT2D eigenvalue weighted by molar-refractivity contribution is 9.10. The van der Waals surface area contributed by atoms with Gasteiger partial charge in [-0.05, 0) is 26.1 Å². The second kappa shape index (κ2) is 5.54. The molecule has 19 heavy (non-hydrogen) atoms. The Hall–Kier alpha value is -1.66. The first-order valence-electron chi connectivity index (χ1n) is 5.75. The van der Waals surface area contributed by atoms with Crippen LogP contribution in [-0.2, 0) is 4.79 Å². The summed E-state index contributed by atoms with van der Waals surface area (Å²) < 4.78 is 0.989. The second-order valence-electron chi connectivity index (χ2n) is 4.16. The molecule has 0 spiro atoms. The van der Waals surface area contributed by atoms with Gasteiger partial charge in [0.05, 0.1) is 5.69 Å². The summed E-state index contributed by atoms with van der Waals surface area (Å²) in [7, 11) is 1.59. The van der Waals surface area contributed by atoms with E-state index < -0.39 is 12.0 Å². The van der Waals surface area contributed by atoms with Crippen molar-refractivity contribution in [3.63, 3.8) is 0 Å². The van der Waals surface area contributed by atoms with E-state index in [1.807, 2.05) is 31.2 Å². The summed E-state index contributed by atoms with van der Waals surface area (Å²) in [6.07, 6.45) is 0. The van der Waals surface area contributed by atoms with E-state index in [1.165, 1.54) is 0 Å². The summed E-state index contributed by atoms with van der Waals surface area (Å²) in [5, 5.41) is 11.8. The molecule has 2 aromatic rings. The van der Waals surface area contributed by atoms with E-state index >= 15 is 0 Å². The maximum absolute atomic E-state index is 11.1. The Balaban J connectivity index is 2.41. The van der Waals surface area contributed by atoms with E-state index in [4.69, 9.17) is 5.11 Å². The lowest BCUT2D eigenvalue weighted by Crippen LogP contribution is -2.26. The third-order valence-electron chi connectivity index (χ3n) is 2.83. The molecule has 0 aliphatic heterocycles. The van der Waals surface area contributed by atoms with Crippen LogP contribution in [-0.4, -0.2) is 28.1 Å². The Labute approximate surface area is 119 Å². The molecular formula is C13H14BrN3O2. The number of nitrogens with zero attached hydrogens (tertiary/aromatic N) is 1. The van der Waals surface area contributed by atoms with Crippen molar-refractivity contribution in [3.05, 3.63) is 40.3 Å². The van der Waals surface area contributed by atoms with Crippen LogP contribution < -0.4 is 5.32 Å². The van der Waals surface area contributed by atoms with Gasteiger partial charge in [-0.3, -0.25) is 4.79 Å². The molecule has 0 amide bonds. The number of aromatic nitrogens is 2. The van der Waals surface area contributed by atoms with Crippen LogP contribution in [0.1, 0.15) is 17.6 Å². The van der Waals surface area contributed by atoms with Crippen LogP contribution in [0, 0.1) is 6.92 Å². The van der Waals surface area contributed by atoms with Crippen molar-refractivity contribution in [2.24, 2.45) is 0 Å². The normalized spacial score (nSPS) is 12.4. The summed E-state index contributed by atoms with van der Waals surface area (Å²) in [5.74, 6) is -0.552. The van der Waals surface area contributed by atoms with Crippen LogP contribution in [0.2, 0.25) is 0 Å². The zero-order chi connectivity index (χ0) is 14.0. The number of benzene rings is 1. The van der Waals surface area contributed by atoms with Crippen molar-refractivity contribution < 1.29 is 9.90 Å². The quantitative estimate of drug-likeness (QED) is 0.807. The number of hydrogen-bond donors (Lipinski definition) is 3. The Morgan fingerprint density at radius 3 is 2.58 bits per heavy atom. The number of likely N-dealkylation sites (N-methyl/N-ethyl adjacent to an activating group) is 1. The third kappa shape index (κ3) is 2.85. The van der Waals surface area contributed by atoms with Crippen molar-refractivity contribution in [2.75, 3.05) is 7.05 Å². The van der Waals surface area contributed by atoms with Gasteiger partial charge in [-0.15, -0.1) is 0 Å². The highest BCUT2D eigenvalue weighted by Crippen LogP contribution is 2.24. The van der Waals surface area contributed by atoms with Gasteiger partial charge >= 0.3 is 5.97 Å². The standard InChI is InChI=1S/C13H14BrN3O2/c1-7-10(8-3-5-9(14)6-4-8)17-12(16-7)11(15-2)13(18)19/h3-6,11,15H,1-2H3,(H,16,17)(H,18,19). The molecule has 0 radical (unpaired) electrons. The molecule has 2 rings (SSSR count). The van der Waals surface area contributed by atoms with E-state index in [-0.39, 0.29) is 0 Å². The minimum absolute atomic E-state index is 0.408. The largest absolute Gasteiger partial charge is 0.480 e. The number of carboxylic acid groups (broad SMARTS) is 1. The minimum Gasteiger partial charge on any atom is -0.480 e. The first-order valence-corrected chi connectivity index (χ1v) is 6.54. The number of carboxylic acids is 1. The van der Waals surface area contributed by atoms with Gasteiger partial charge in [0.1, 0.15) is 5.82 Å². The molecule has 0 aliphatic rings. The second-order valence-corrected chi connectivity index (χ2v) is 5.08. The lowest BCUT2D eigenvalue weighted by atomic mass is 10.1. The van der Waals surface area contributed by atoms with Gasteiger partial charge in [-0.1, -0.05) is 28.1 Å². The topological polar surface area (TPSA) is 78.0 Å². The van der Waals surface area contributed by atoms with Gasteiger partial charge in [0.25, 0.3) is 0 Å². The van der Waals surface area contributed by atoms with Crippen molar-refractivity contribution >= 4 is 21.9 Å². The van der Waals surface area contributed by atoms with Crippen molar-refractivity contribution in [3.8, 4) is 11.3 Å². The molecule has 1 aromatic heterocycles. The summed E-state index contributed by atoms with van der Waals surface area (Å²) in [6.45, 7) is 1.88. The van der Waals surface area contributed by atoms with Crippen LogP contribution in [0.25, 0.3) is 11.3 Å². The van der Waals surface area contributed by atoms with Gasteiger partial charge < -0.3 is 15.4 Å². The zero-order valence-corrected chi connectivity index (χ0v) is 12.2. The third-order valence-corrected chi connectivity index (χ3v) is 3.36. The Kier molecular flexibility index (Phi) is 4.01. The summed E-state index contributed by atoms with van der Waals surface area (Å²) in [6, 6.07) is 6.90. The molecule has 6 heteroatoms. The molecule has 1 atom stereocenters. The molecule has 1 aromatic carbocycles.